The van der Waals surface area contributed by atoms with E-state index in [1.165, 1.54) is 0 Å². The van der Waals surface area contributed by atoms with Gasteiger partial charge in [-0.3, -0.25) is 9.59 Å². The summed E-state index contributed by atoms with van der Waals surface area (Å²) in [6.07, 6.45) is -0.0865. The van der Waals surface area contributed by atoms with Crippen molar-refractivity contribution in [1.82, 2.24) is 15.5 Å². The fraction of sp³-hybridized carbons (Fsp3) is 0.818. The third-order valence-electron chi connectivity index (χ3n) is 3.55. The largest absolute Gasteiger partial charge is 0.391 e. The highest BCUT2D eigenvalue weighted by Gasteiger charge is 2.33. The molecule has 0 aromatic heterocycles. The molecule has 0 bridgehead atoms. The van der Waals surface area contributed by atoms with Gasteiger partial charge in [0, 0.05) is 45.6 Å². The molecule has 0 aliphatic carbocycles. The van der Waals surface area contributed by atoms with Gasteiger partial charge in [0.2, 0.25) is 11.8 Å². The average molecular weight is 278 g/mol. The van der Waals surface area contributed by atoms with Crippen molar-refractivity contribution in [1.29, 1.82) is 0 Å². The Morgan fingerprint density at radius 1 is 1.56 bits per heavy atom. The van der Waals surface area contributed by atoms with Gasteiger partial charge in [0.05, 0.1) is 12.0 Å². The highest BCUT2D eigenvalue weighted by atomic mass is 35.5. The van der Waals surface area contributed by atoms with Gasteiger partial charge in [-0.1, -0.05) is 0 Å². The van der Waals surface area contributed by atoms with E-state index in [0.717, 1.165) is 6.54 Å². The van der Waals surface area contributed by atoms with Crippen molar-refractivity contribution in [3.05, 3.63) is 0 Å². The lowest BCUT2D eigenvalue weighted by atomic mass is 10.0. The van der Waals surface area contributed by atoms with Crippen molar-refractivity contribution in [3.8, 4) is 0 Å². The third kappa shape index (κ3) is 3.34. The van der Waals surface area contributed by atoms with Crippen LogP contribution in [0.25, 0.3) is 0 Å². The quantitative estimate of drug-likeness (QED) is 0.592. The SMILES string of the molecule is CN1CC(C(=O)NCC2CNCC2O)CC1=O.Cl. The van der Waals surface area contributed by atoms with Crippen LogP contribution < -0.4 is 10.6 Å². The Hall–Kier alpha value is -0.850. The van der Waals surface area contributed by atoms with E-state index in [1.54, 1.807) is 11.9 Å². The number of likely N-dealkylation sites (tertiary alicyclic amines) is 1. The van der Waals surface area contributed by atoms with E-state index in [1.807, 2.05) is 0 Å². The molecule has 0 aromatic carbocycles. The summed E-state index contributed by atoms with van der Waals surface area (Å²) in [5.74, 6) is -0.220. The maximum absolute atomic E-state index is 11.8. The molecular weight excluding hydrogens is 258 g/mol. The predicted molar refractivity (Wildman–Crippen MR) is 68.4 cm³/mol. The molecule has 2 aliphatic rings. The summed E-state index contributed by atoms with van der Waals surface area (Å²) in [5.41, 5.74) is 0. The van der Waals surface area contributed by atoms with Gasteiger partial charge >= 0.3 is 0 Å². The minimum Gasteiger partial charge on any atom is -0.391 e. The van der Waals surface area contributed by atoms with Crippen LogP contribution in [-0.4, -0.2) is 61.2 Å². The lowest BCUT2D eigenvalue weighted by molar-refractivity contribution is -0.128. The molecule has 3 unspecified atom stereocenters. The molecule has 2 saturated heterocycles. The van der Waals surface area contributed by atoms with Gasteiger partial charge in [0.25, 0.3) is 0 Å². The lowest BCUT2D eigenvalue weighted by Crippen LogP contribution is -2.38. The van der Waals surface area contributed by atoms with Gasteiger partial charge in [-0.2, -0.15) is 0 Å². The molecule has 0 saturated carbocycles. The van der Waals surface area contributed by atoms with Crippen LogP contribution in [0.2, 0.25) is 0 Å². The van der Waals surface area contributed by atoms with Crippen molar-refractivity contribution in [2.75, 3.05) is 33.2 Å². The molecule has 3 N–H and O–H groups in total. The number of halogens is 1. The summed E-state index contributed by atoms with van der Waals surface area (Å²) >= 11 is 0. The van der Waals surface area contributed by atoms with Gasteiger partial charge in [-0.05, 0) is 0 Å². The number of carbonyl (C=O) groups is 2. The first-order chi connectivity index (χ1) is 8.08. The van der Waals surface area contributed by atoms with Gasteiger partial charge < -0.3 is 20.6 Å². The molecule has 2 rings (SSSR count). The number of aliphatic hydroxyl groups is 1. The molecule has 2 heterocycles. The molecule has 6 nitrogen and oxygen atoms in total. The molecule has 0 aromatic rings. The maximum atomic E-state index is 11.8. The van der Waals surface area contributed by atoms with Crippen molar-refractivity contribution >= 4 is 24.2 Å². The Morgan fingerprint density at radius 3 is 2.78 bits per heavy atom. The topological polar surface area (TPSA) is 81.7 Å². The molecule has 0 spiro atoms. The summed E-state index contributed by atoms with van der Waals surface area (Å²) in [6.45, 7) is 2.29. The number of hydrogen-bond acceptors (Lipinski definition) is 4. The molecule has 2 fully saturated rings. The number of carbonyl (C=O) groups excluding carboxylic acids is 2. The lowest BCUT2D eigenvalue weighted by Gasteiger charge is -2.16. The van der Waals surface area contributed by atoms with E-state index < -0.39 is 0 Å². The molecule has 2 aliphatic heterocycles. The van der Waals surface area contributed by atoms with Gasteiger partial charge in [-0.15, -0.1) is 12.4 Å². The molecule has 7 heteroatoms. The fourth-order valence-corrected chi connectivity index (χ4v) is 2.34. The number of amides is 2. The molecular formula is C11H20ClN3O3. The fourth-order valence-electron chi connectivity index (χ4n) is 2.34. The summed E-state index contributed by atoms with van der Waals surface area (Å²) in [7, 11) is 1.71. The van der Waals surface area contributed by atoms with Gasteiger partial charge in [0.15, 0.2) is 0 Å². The number of nitrogens with one attached hydrogen (secondary N) is 2. The molecule has 0 radical (unpaired) electrons. The van der Waals surface area contributed by atoms with Crippen molar-refractivity contribution < 1.29 is 14.7 Å². The minimum absolute atomic E-state index is 0. The number of rotatable bonds is 3. The Kier molecular flexibility index (Phi) is 5.37. The summed E-state index contributed by atoms with van der Waals surface area (Å²) in [4.78, 5) is 24.7. The van der Waals surface area contributed by atoms with E-state index in [-0.39, 0.29) is 42.2 Å². The number of β-amino-alcohol motifs (C(OH)–C–C–N with tert-alkyl or cyclic N) is 1. The first kappa shape index (κ1) is 15.2. The van der Waals surface area contributed by atoms with Crippen LogP contribution in [0.4, 0.5) is 0 Å². The van der Waals surface area contributed by atoms with Crippen LogP contribution in [0.1, 0.15) is 6.42 Å². The van der Waals surface area contributed by atoms with Crippen LogP contribution in [0.5, 0.6) is 0 Å². The Bertz CT molecular complexity index is 327. The first-order valence-electron chi connectivity index (χ1n) is 5.98. The molecule has 2 amide bonds. The second-order valence-electron chi connectivity index (χ2n) is 4.91. The Labute approximate surface area is 113 Å². The van der Waals surface area contributed by atoms with E-state index in [2.05, 4.69) is 10.6 Å². The molecule has 18 heavy (non-hydrogen) atoms. The number of hydrogen-bond donors (Lipinski definition) is 3. The van der Waals surface area contributed by atoms with E-state index in [0.29, 0.717) is 26.1 Å². The van der Waals surface area contributed by atoms with E-state index in [9.17, 15) is 14.7 Å². The standard InChI is InChI=1S/C11H19N3O3.ClH/c1-14-6-7(2-10(14)16)11(17)13-4-8-3-12-5-9(8)15;/h7-9,12,15H,2-6H2,1H3,(H,13,17);1H. The van der Waals surface area contributed by atoms with Crippen molar-refractivity contribution in [2.24, 2.45) is 11.8 Å². The van der Waals surface area contributed by atoms with Crippen molar-refractivity contribution in [2.45, 2.75) is 12.5 Å². The van der Waals surface area contributed by atoms with Gasteiger partial charge in [-0.25, -0.2) is 0 Å². The third-order valence-corrected chi connectivity index (χ3v) is 3.55. The van der Waals surface area contributed by atoms with E-state index >= 15 is 0 Å². The van der Waals surface area contributed by atoms with Crippen LogP contribution in [0.3, 0.4) is 0 Å². The predicted octanol–water partition coefficient (Wildman–Crippen LogP) is -1.42. The molecule has 104 valence electrons. The molecule has 3 atom stereocenters. The second kappa shape index (κ2) is 6.36. The summed E-state index contributed by atoms with van der Waals surface area (Å²) in [5, 5.41) is 15.5. The van der Waals surface area contributed by atoms with Crippen molar-refractivity contribution in [3.63, 3.8) is 0 Å². The number of nitrogens with zero attached hydrogens (tertiary/aromatic N) is 1. The summed E-state index contributed by atoms with van der Waals surface area (Å²) < 4.78 is 0. The van der Waals surface area contributed by atoms with Crippen LogP contribution in [0.15, 0.2) is 0 Å². The average Bonchev–Trinajstić information content (AvgIpc) is 2.83. The van der Waals surface area contributed by atoms with Crippen LogP contribution in [0, 0.1) is 11.8 Å². The first-order valence-corrected chi connectivity index (χ1v) is 5.98. The number of aliphatic hydroxyl groups excluding tert-OH is 1. The van der Waals surface area contributed by atoms with Gasteiger partial charge in [0.1, 0.15) is 0 Å². The summed E-state index contributed by atoms with van der Waals surface area (Å²) in [6, 6.07) is 0. The normalized spacial score (nSPS) is 31.3. The van der Waals surface area contributed by atoms with Crippen LogP contribution >= 0.6 is 12.4 Å². The second-order valence-corrected chi connectivity index (χ2v) is 4.91. The highest BCUT2D eigenvalue weighted by molar-refractivity contribution is 5.89. The monoisotopic (exact) mass is 277 g/mol. The van der Waals surface area contributed by atoms with Crippen LogP contribution in [-0.2, 0) is 9.59 Å². The zero-order chi connectivity index (χ0) is 12.4. The maximum Gasteiger partial charge on any atom is 0.225 e. The highest BCUT2D eigenvalue weighted by Crippen LogP contribution is 2.16. The minimum atomic E-state index is -0.386. The Balaban J connectivity index is 0.00000162. The zero-order valence-corrected chi connectivity index (χ0v) is 11.2. The zero-order valence-electron chi connectivity index (χ0n) is 10.4. The van der Waals surface area contributed by atoms with E-state index in [4.69, 9.17) is 0 Å². The smallest absolute Gasteiger partial charge is 0.225 e. The Morgan fingerprint density at radius 2 is 2.28 bits per heavy atom.